The third-order valence-corrected chi connectivity index (χ3v) is 2.93. The first kappa shape index (κ1) is 8.37. The highest BCUT2D eigenvalue weighted by Crippen LogP contribution is 2.26. The summed E-state index contributed by atoms with van der Waals surface area (Å²) in [7, 11) is 0. The second-order valence-electron chi connectivity index (χ2n) is 3.44. The predicted octanol–water partition coefficient (Wildman–Crippen LogP) is 1.09. The normalized spacial score (nSPS) is 33.3. The van der Waals surface area contributed by atoms with Crippen LogP contribution in [-0.2, 0) is 4.74 Å². The summed E-state index contributed by atoms with van der Waals surface area (Å²) in [6, 6.07) is 0. The lowest BCUT2D eigenvalue weighted by molar-refractivity contribution is -0.0986. The molecule has 3 heteroatoms. The van der Waals surface area contributed by atoms with E-state index in [1.54, 1.807) is 11.8 Å². The van der Waals surface area contributed by atoms with E-state index < -0.39 is 6.29 Å². The fourth-order valence-electron chi connectivity index (χ4n) is 0.848. The van der Waals surface area contributed by atoms with Crippen LogP contribution in [0.25, 0.3) is 0 Å². The van der Waals surface area contributed by atoms with Crippen molar-refractivity contribution < 1.29 is 9.84 Å². The van der Waals surface area contributed by atoms with E-state index in [-0.39, 0.29) is 5.41 Å². The highest BCUT2D eigenvalue weighted by Gasteiger charge is 2.23. The molecular formula is C7H14O2S. The Morgan fingerprint density at radius 2 is 2.30 bits per heavy atom. The molecule has 10 heavy (non-hydrogen) atoms. The maximum absolute atomic E-state index is 9.08. The third-order valence-electron chi connectivity index (χ3n) is 1.42. The lowest BCUT2D eigenvalue weighted by Gasteiger charge is -2.20. The topological polar surface area (TPSA) is 29.5 Å². The van der Waals surface area contributed by atoms with Crippen LogP contribution in [0.4, 0.5) is 0 Å². The van der Waals surface area contributed by atoms with Crippen LogP contribution in [0.5, 0.6) is 0 Å². The minimum absolute atomic E-state index is 0.224. The average Bonchev–Trinajstić information content (AvgIpc) is 1.94. The fourth-order valence-corrected chi connectivity index (χ4v) is 1.90. The Morgan fingerprint density at radius 3 is 3.00 bits per heavy atom. The monoisotopic (exact) mass is 162 g/mol. The number of hydrogen-bond donors (Lipinski definition) is 1. The maximum Gasteiger partial charge on any atom is 0.163 e. The van der Waals surface area contributed by atoms with Gasteiger partial charge in [-0.15, -0.1) is 0 Å². The lowest BCUT2D eigenvalue weighted by Crippen LogP contribution is -2.22. The van der Waals surface area contributed by atoms with Crippen LogP contribution in [0.3, 0.4) is 0 Å². The quantitative estimate of drug-likeness (QED) is 0.578. The minimum atomic E-state index is -0.549. The van der Waals surface area contributed by atoms with Gasteiger partial charge in [-0.3, -0.25) is 0 Å². The number of hydrogen-bond acceptors (Lipinski definition) is 3. The predicted molar refractivity (Wildman–Crippen MR) is 43.1 cm³/mol. The molecule has 1 fully saturated rings. The Bertz CT molecular complexity index is 114. The molecule has 0 spiro atoms. The van der Waals surface area contributed by atoms with Crippen molar-refractivity contribution in [3.8, 4) is 0 Å². The molecule has 0 bridgehead atoms. The number of aliphatic hydroxyl groups is 1. The molecule has 0 aromatic heterocycles. The van der Waals surface area contributed by atoms with Gasteiger partial charge < -0.3 is 9.84 Å². The SMILES string of the molecule is CC1(C)COC(O)CSC1. The van der Waals surface area contributed by atoms with Gasteiger partial charge in [0.05, 0.1) is 6.61 Å². The number of aliphatic hydroxyl groups excluding tert-OH is 1. The van der Waals surface area contributed by atoms with E-state index in [1.165, 1.54) is 0 Å². The van der Waals surface area contributed by atoms with E-state index in [1.807, 2.05) is 0 Å². The van der Waals surface area contributed by atoms with Gasteiger partial charge in [0.2, 0.25) is 0 Å². The van der Waals surface area contributed by atoms with Crippen molar-refractivity contribution in [2.45, 2.75) is 20.1 Å². The largest absolute Gasteiger partial charge is 0.367 e. The van der Waals surface area contributed by atoms with Gasteiger partial charge in [-0.1, -0.05) is 13.8 Å². The van der Waals surface area contributed by atoms with Crippen molar-refractivity contribution in [3.63, 3.8) is 0 Å². The smallest absolute Gasteiger partial charge is 0.163 e. The zero-order valence-electron chi connectivity index (χ0n) is 6.46. The molecule has 1 aliphatic rings. The molecule has 0 amide bonds. The molecule has 1 rings (SSSR count). The highest BCUT2D eigenvalue weighted by atomic mass is 32.2. The van der Waals surface area contributed by atoms with Crippen molar-refractivity contribution >= 4 is 11.8 Å². The van der Waals surface area contributed by atoms with Crippen LogP contribution in [0.1, 0.15) is 13.8 Å². The van der Waals surface area contributed by atoms with E-state index in [2.05, 4.69) is 13.8 Å². The van der Waals surface area contributed by atoms with Crippen LogP contribution in [0, 0.1) is 5.41 Å². The molecule has 1 aliphatic heterocycles. The standard InChI is InChI=1S/C7H14O2S/c1-7(2)4-9-6(8)3-10-5-7/h6,8H,3-5H2,1-2H3. The number of thioether (sulfide) groups is 1. The van der Waals surface area contributed by atoms with Gasteiger partial charge in [-0.25, -0.2) is 0 Å². The third kappa shape index (κ3) is 2.48. The van der Waals surface area contributed by atoms with Crippen LogP contribution < -0.4 is 0 Å². The zero-order valence-corrected chi connectivity index (χ0v) is 7.28. The van der Waals surface area contributed by atoms with Crippen LogP contribution >= 0.6 is 11.8 Å². The van der Waals surface area contributed by atoms with Gasteiger partial charge in [0.25, 0.3) is 0 Å². The van der Waals surface area contributed by atoms with Gasteiger partial charge in [-0.2, -0.15) is 11.8 Å². The van der Waals surface area contributed by atoms with Crippen molar-refractivity contribution in [1.82, 2.24) is 0 Å². The van der Waals surface area contributed by atoms with E-state index in [4.69, 9.17) is 9.84 Å². The Balaban J connectivity index is 2.41. The lowest BCUT2D eigenvalue weighted by atomic mass is 9.98. The fraction of sp³-hybridized carbons (Fsp3) is 1.00. The molecule has 0 radical (unpaired) electrons. The molecule has 1 N–H and O–H groups in total. The Kier molecular flexibility index (Phi) is 2.61. The van der Waals surface area contributed by atoms with Crippen molar-refractivity contribution in [2.75, 3.05) is 18.1 Å². The van der Waals surface area contributed by atoms with Gasteiger partial charge in [0, 0.05) is 11.5 Å². The molecule has 2 nitrogen and oxygen atoms in total. The van der Waals surface area contributed by atoms with E-state index in [0.29, 0.717) is 12.4 Å². The number of rotatable bonds is 0. The van der Waals surface area contributed by atoms with E-state index in [0.717, 1.165) is 5.75 Å². The molecule has 1 atom stereocenters. The summed E-state index contributed by atoms with van der Waals surface area (Å²) in [6.45, 7) is 4.97. The first-order valence-electron chi connectivity index (χ1n) is 3.48. The van der Waals surface area contributed by atoms with Gasteiger partial charge in [0.15, 0.2) is 6.29 Å². The summed E-state index contributed by atoms with van der Waals surface area (Å²) in [5.74, 6) is 1.79. The Morgan fingerprint density at radius 1 is 1.60 bits per heavy atom. The molecule has 1 unspecified atom stereocenters. The molecule has 0 saturated carbocycles. The van der Waals surface area contributed by atoms with Crippen LogP contribution in [0.15, 0.2) is 0 Å². The van der Waals surface area contributed by atoms with E-state index >= 15 is 0 Å². The van der Waals surface area contributed by atoms with Gasteiger partial charge in [0.1, 0.15) is 0 Å². The Hall–Kier alpha value is 0.270. The molecule has 1 saturated heterocycles. The molecule has 0 aromatic carbocycles. The van der Waals surface area contributed by atoms with Crippen LogP contribution in [0.2, 0.25) is 0 Å². The van der Waals surface area contributed by atoms with Crippen molar-refractivity contribution in [2.24, 2.45) is 5.41 Å². The number of ether oxygens (including phenoxy) is 1. The summed E-state index contributed by atoms with van der Waals surface area (Å²) >= 11 is 1.76. The summed E-state index contributed by atoms with van der Waals surface area (Å²) in [6.07, 6.45) is -0.549. The first-order valence-corrected chi connectivity index (χ1v) is 4.63. The molecule has 0 aromatic rings. The van der Waals surface area contributed by atoms with Crippen molar-refractivity contribution in [3.05, 3.63) is 0 Å². The molecule has 1 heterocycles. The van der Waals surface area contributed by atoms with Crippen molar-refractivity contribution in [1.29, 1.82) is 0 Å². The van der Waals surface area contributed by atoms with Crippen LogP contribution in [-0.4, -0.2) is 29.5 Å². The second-order valence-corrected chi connectivity index (χ2v) is 4.48. The van der Waals surface area contributed by atoms with E-state index in [9.17, 15) is 0 Å². The highest BCUT2D eigenvalue weighted by molar-refractivity contribution is 7.99. The first-order chi connectivity index (χ1) is 4.60. The molecule has 0 aliphatic carbocycles. The second kappa shape index (κ2) is 3.11. The summed E-state index contributed by atoms with van der Waals surface area (Å²) in [5, 5.41) is 9.08. The van der Waals surface area contributed by atoms with Gasteiger partial charge in [-0.05, 0) is 5.41 Å². The zero-order chi connectivity index (χ0) is 7.61. The molecule has 60 valence electrons. The summed E-state index contributed by atoms with van der Waals surface area (Å²) < 4.78 is 5.15. The Labute approximate surface area is 66.0 Å². The summed E-state index contributed by atoms with van der Waals surface area (Å²) in [4.78, 5) is 0. The summed E-state index contributed by atoms with van der Waals surface area (Å²) in [5.41, 5.74) is 0.224. The average molecular weight is 162 g/mol. The minimum Gasteiger partial charge on any atom is -0.367 e. The van der Waals surface area contributed by atoms with Gasteiger partial charge >= 0.3 is 0 Å². The molecular weight excluding hydrogens is 148 g/mol. The maximum atomic E-state index is 9.08.